The smallest absolute Gasteiger partial charge is 0.123 e. The number of nitrogens with one attached hydrogen (secondary N) is 1. The first-order chi connectivity index (χ1) is 9.93. The third-order valence-corrected chi connectivity index (χ3v) is 4.94. The van der Waals surface area contributed by atoms with Crippen molar-refractivity contribution in [3.8, 4) is 0 Å². The van der Waals surface area contributed by atoms with Crippen LogP contribution in [0.2, 0.25) is 0 Å². The predicted octanol–water partition coefficient (Wildman–Crippen LogP) is 4.09. The molecule has 0 radical (unpaired) electrons. The molecule has 2 aromatic rings. The fourth-order valence-corrected chi connectivity index (χ4v) is 3.40. The third-order valence-electron chi connectivity index (χ3n) is 3.96. The van der Waals surface area contributed by atoms with Gasteiger partial charge in [-0.1, -0.05) is 32.9 Å². The molecular weight excluding hydrogens is 283 g/mol. The molecule has 0 aliphatic rings. The molecule has 0 spiro atoms. The highest BCUT2D eigenvalue weighted by Gasteiger charge is 2.31. The predicted molar refractivity (Wildman–Crippen MR) is 87.4 cm³/mol. The van der Waals surface area contributed by atoms with Gasteiger partial charge in [-0.05, 0) is 31.2 Å². The maximum atomic E-state index is 13.1. The van der Waals surface area contributed by atoms with Crippen LogP contribution in [0.3, 0.4) is 0 Å². The summed E-state index contributed by atoms with van der Waals surface area (Å²) in [4.78, 5) is 4.57. The molecule has 0 saturated carbocycles. The average molecular weight is 306 g/mol. The van der Waals surface area contributed by atoms with Crippen LogP contribution in [0.1, 0.15) is 37.0 Å². The number of hydrogen-bond acceptors (Lipinski definition) is 3. The molecule has 0 bridgehead atoms. The lowest BCUT2D eigenvalue weighted by atomic mass is 9.76. The Morgan fingerprint density at radius 2 is 1.95 bits per heavy atom. The SMILES string of the molecule is CCNC(Cc1nc(C)cs1)C(C)(C)c1ccc(F)cc1. The summed E-state index contributed by atoms with van der Waals surface area (Å²) in [5, 5.41) is 6.80. The lowest BCUT2D eigenvalue weighted by Gasteiger charge is -2.35. The maximum absolute atomic E-state index is 13.1. The van der Waals surface area contributed by atoms with E-state index in [0.29, 0.717) is 0 Å². The van der Waals surface area contributed by atoms with Crippen LogP contribution in [-0.2, 0) is 11.8 Å². The average Bonchev–Trinajstić information content (AvgIpc) is 2.84. The van der Waals surface area contributed by atoms with Gasteiger partial charge in [0.15, 0.2) is 0 Å². The summed E-state index contributed by atoms with van der Waals surface area (Å²) in [5.41, 5.74) is 2.12. The zero-order valence-corrected chi connectivity index (χ0v) is 13.9. The van der Waals surface area contributed by atoms with Crippen molar-refractivity contribution in [2.45, 2.75) is 45.6 Å². The van der Waals surface area contributed by atoms with Gasteiger partial charge >= 0.3 is 0 Å². The second-order valence-corrected chi connectivity index (χ2v) is 6.87. The first-order valence-electron chi connectivity index (χ1n) is 7.34. The zero-order chi connectivity index (χ0) is 15.5. The number of aromatic nitrogens is 1. The minimum Gasteiger partial charge on any atom is -0.313 e. The van der Waals surface area contributed by atoms with Gasteiger partial charge in [0.25, 0.3) is 0 Å². The molecule has 1 heterocycles. The second kappa shape index (κ2) is 6.67. The van der Waals surface area contributed by atoms with E-state index in [-0.39, 0.29) is 17.3 Å². The summed E-state index contributed by atoms with van der Waals surface area (Å²) in [6.45, 7) is 9.44. The first-order valence-corrected chi connectivity index (χ1v) is 8.22. The van der Waals surface area contributed by atoms with Crippen LogP contribution >= 0.6 is 11.3 Å². The molecule has 1 aromatic heterocycles. The fourth-order valence-electron chi connectivity index (χ4n) is 2.58. The van der Waals surface area contributed by atoms with E-state index < -0.39 is 0 Å². The Bertz CT molecular complexity index is 575. The van der Waals surface area contributed by atoms with Gasteiger partial charge in [-0.3, -0.25) is 0 Å². The fraction of sp³-hybridized carbons (Fsp3) is 0.471. The standard InChI is InChI=1S/C17H23FN2S/c1-5-19-15(10-16-20-12(2)11-21-16)17(3,4)13-6-8-14(18)9-7-13/h6-9,11,15,19H,5,10H2,1-4H3. The van der Waals surface area contributed by atoms with Crippen LogP contribution in [0, 0.1) is 12.7 Å². The number of halogens is 1. The van der Waals surface area contributed by atoms with Crippen molar-refractivity contribution in [1.29, 1.82) is 0 Å². The van der Waals surface area contributed by atoms with Gasteiger partial charge in [0.1, 0.15) is 5.82 Å². The summed E-state index contributed by atoms with van der Waals surface area (Å²) in [6, 6.07) is 7.10. The summed E-state index contributed by atoms with van der Waals surface area (Å²) in [5.74, 6) is -0.190. The van der Waals surface area contributed by atoms with Crippen LogP contribution in [0.15, 0.2) is 29.6 Å². The number of rotatable bonds is 6. The largest absolute Gasteiger partial charge is 0.313 e. The van der Waals surface area contributed by atoms with Crippen LogP contribution in [-0.4, -0.2) is 17.6 Å². The van der Waals surface area contributed by atoms with Gasteiger partial charge in [0, 0.05) is 29.0 Å². The molecule has 114 valence electrons. The highest BCUT2D eigenvalue weighted by atomic mass is 32.1. The molecule has 0 fully saturated rings. The maximum Gasteiger partial charge on any atom is 0.123 e. The van der Waals surface area contributed by atoms with Crippen LogP contribution in [0.25, 0.3) is 0 Å². The Kier molecular flexibility index (Phi) is 5.12. The van der Waals surface area contributed by atoms with Gasteiger partial charge in [0.05, 0.1) is 5.01 Å². The Morgan fingerprint density at radius 1 is 1.29 bits per heavy atom. The van der Waals surface area contributed by atoms with Crippen molar-refractivity contribution in [1.82, 2.24) is 10.3 Å². The number of thiazole rings is 1. The molecule has 0 aliphatic heterocycles. The second-order valence-electron chi connectivity index (χ2n) is 5.93. The molecule has 0 saturated heterocycles. The molecule has 0 amide bonds. The highest BCUT2D eigenvalue weighted by molar-refractivity contribution is 7.09. The summed E-state index contributed by atoms with van der Waals surface area (Å²) < 4.78 is 13.1. The van der Waals surface area contributed by atoms with E-state index in [9.17, 15) is 4.39 Å². The van der Waals surface area contributed by atoms with Gasteiger partial charge < -0.3 is 5.32 Å². The third kappa shape index (κ3) is 3.89. The molecule has 1 N–H and O–H groups in total. The van der Waals surface area contributed by atoms with Gasteiger partial charge in [0.2, 0.25) is 0 Å². The molecule has 4 heteroatoms. The normalized spacial score (nSPS) is 13.4. The van der Waals surface area contributed by atoms with Crippen molar-refractivity contribution in [2.75, 3.05) is 6.54 Å². The van der Waals surface area contributed by atoms with Gasteiger partial charge in [-0.25, -0.2) is 9.37 Å². The Labute approximate surface area is 130 Å². The van der Waals surface area contributed by atoms with Crippen molar-refractivity contribution < 1.29 is 4.39 Å². The quantitative estimate of drug-likeness (QED) is 0.869. The lowest BCUT2D eigenvalue weighted by molar-refractivity contribution is 0.342. The number of benzene rings is 1. The zero-order valence-electron chi connectivity index (χ0n) is 13.1. The van der Waals surface area contributed by atoms with Crippen LogP contribution < -0.4 is 5.32 Å². The molecule has 0 aliphatic carbocycles. The summed E-state index contributed by atoms with van der Waals surface area (Å²) in [6.07, 6.45) is 0.886. The molecule has 1 aromatic carbocycles. The van der Waals surface area contributed by atoms with E-state index >= 15 is 0 Å². The molecule has 1 atom stereocenters. The summed E-state index contributed by atoms with van der Waals surface area (Å²) >= 11 is 1.71. The van der Waals surface area contributed by atoms with E-state index in [1.165, 1.54) is 12.1 Å². The number of nitrogens with zero attached hydrogens (tertiary/aromatic N) is 1. The lowest BCUT2D eigenvalue weighted by Crippen LogP contribution is -2.46. The van der Waals surface area contributed by atoms with Crippen molar-refractivity contribution in [3.05, 3.63) is 51.7 Å². The minimum absolute atomic E-state index is 0.0940. The number of likely N-dealkylation sites (N-methyl/N-ethyl adjacent to an activating group) is 1. The van der Waals surface area contributed by atoms with Gasteiger partial charge in [-0.15, -0.1) is 11.3 Å². The summed E-state index contributed by atoms with van der Waals surface area (Å²) in [7, 11) is 0. The molecule has 2 rings (SSSR count). The van der Waals surface area contributed by atoms with Crippen molar-refractivity contribution >= 4 is 11.3 Å². The number of hydrogen-bond donors (Lipinski definition) is 1. The van der Waals surface area contributed by atoms with E-state index in [1.54, 1.807) is 11.3 Å². The van der Waals surface area contributed by atoms with Gasteiger partial charge in [-0.2, -0.15) is 0 Å². The van der Waals surface area contributed by atoms with E-state index in [2.05, 4.69) is 36.5 Å². The highest BCUT2D eigenvalue weighted by Crippen LogP contribution is 2.30. The van der Waals surface area contributed by atoms with E-state index in [4.69, 9.17) is 0 Å². The Balaban J connectivity index is 2.24. The Morgan fingerprint density at radius 3 is 2.48 bits per heavy atom. The molecule has 21 heavy (non-hydrogen) atoms. The Hall–Kier alpha value is -1.26. The number of aryl methyl sites for hydroxylation is 1. The minimum atomic E-state index is -0.190. The first kappa shape index (κ1) is 16.1. The molecular formula is C17H23FN2S. The molecule has 2 nitrogen and oxygen atoms in total. The monoisotopic (exact) mass is 306 g/mol. The van der Waals surface area contributed by atoms with Crippen molar-refractivity contribution in [2.24, 2.45) is 0 Å². The molecule has 1 unspecified atom stereocenters. The van der Waals surface area contributed by atoms with Crippen LogP contribution in [0.5, 0.6) is 0 Å². The van der Waals surface area contributed by atoms with E-state index in [1.807, 2.05) is 19.1 Å². The van der Waals surface area contributed by atoms with Crippen LogP contribution in [0.4, 0.5) is 4.39 Å². The van der Waals surface area contributed by atoms with Crippen molar-refractivity contribution in [3.63, 3.8) is 0 Å². The van der Waals surface area contributed by atoms with E-state index in [0.717, 1.165) is 29.2 Å². The topological polar surface area (TPSA) is 24.9 Å².